The summed E-state index contributed by atoms with van der Waals surface area (Å²) in [5, 5.41) is 22.0. The van der Waals surface area contributed by atoms with E-state index in [-0.39, 0.29) is 11.7 Å². The molecule has 4 rings (SSSR count). The van der Waals surface area contributed by atoms with Gasteiger partial charge in [-0.3, -0.25) is 4.79 Å². The lowest BCUT2D eigenvalue weighted by Gasteiger charge is -2.24. The second kappa shape index (κ2) is 9.65. The number of nitriles is 1. The van der Waals surface area contributed by atoms with Crippen LogP contribution in [0.1, 0.15) is 66.6 Å². The van der Waals surface area contributed by atoms with Gasteiger partial charge in [-0.1, -0.05) is 31.0 Å². The van der Waals surface area contributed by atoms with Crippen LogP contribution in [-0.2, 0) is 11.3 Å². The van der Waals surface area contributed by atoms with Crippen LogP contribution in [0, 0.1) is 32.1 Å². The molecule has 8 nitrogen and oxygen atoms in total. The molecule has 0 aromatic carbocycles. The molecule has 0 saturated heterocycles. The number of aromatic nitrogens is 4. The third-order valence-electron chi connectivity index (χ3n) is 6.20. The van der Waals surface area contributed by atoms with Crippen LogP contribution in [-0.4, -0.2) is 31.0 Å². The number of hydrogen-bond acceptors (Lipinski definition) is 6. The predicted octanol–water partition coefficient (Wildman–Crippen LogP) is 4.75. The molecule has 0 atom stereocenters. The van der Waals surface area contributed by atoms with Gasteiger partial charge in [0.2, 0.25) is 5.91 Å². The number of carbonyl (C=O) groups excluding carboxylic acids is 1. The summed E-state index contributed by atoms with van der Waals surface area (Å²) in [5.41, 5.74) is 2.26. The summed E-state index contributed by atoms with van der Waals surface area (Å²) in [6.45, 7) is 6.25. The Labute approximate surface area is 192 Å². The topological polar surface area (TPSA) is 102 Å². The molecule has 3 aromatic rings. The minimum Gasteiger partial charge on any atom is -0.467 e. The molecule has 0 aliphatic heterocycles. The predicted molar refractivity (Wildman–Crippen MR) is 123 cm³/mol. The SMILES string of the molecule is Cc1c(C#N)c(NC(=O)CSc2nnc(C)n2C2CCCCC2)n(Cc2ccco2)c1C. The Balaban J connectivity index is 1.49. The molecule has 3 heterocycles. The van der Waals surface area contributed by atoms with E-state index < -0.39 is 0 Å². The monoisotopic (exact) mass is 452 g/mol. The molecule has 0 spiro atoms. The maximum Gasteiger partial charge on any atom is 0.235 e. The van der Waals surface area contributed by atoms with Crippen molar-refractivity contribution in [1.82, 2.24) is 19.3 Å². The molecule has 1 aliphatic rings. The van der Waals surface area contributed by atoms with Crippen molar-refractivity contribution in [2.75, 3.05) is 11.1 Å². The normalized spacial score (nSPS) is 14.4. The highest BCUT2D eigenvalue weighted by molar-refractivity contribution is 7.99. The number of anilines is 1. The summed E-state index contributed by atoms with van der Waals surface area (Å²) in [5.74, 6) is 2.17. The van der Waals surface area contributed by atoms with Gasteiger partial charge in [0, 0.05) is 11.7 Å². The molecule has 1 fully saturated rings. The van der Waals surface area contributed by atoms with Crippen molar-refractivity contribution < 1.29 is 9.21 Å². The quantitative estimate of drug-likeness (QED) is 0.519. The number of aryl methyl sites for hydroxylation is 1. The Morgan fingerprint density at radius 1 is 1.28 bits per heavy atom. The highest BCUT2D eigenvalue weighted by Crippen LogP contribution is 2.33. The molecule has 1 N–H and O–H groups in total. The molecule has 168 valence electrons. The second-order valence-corrected chi connectivity index (χ2v) is 9.18. The zero-order valence-corrected chi connectivity index (χ0v) is 19.5. The summed E-state index contributed by atoms with van der Waals surface area (Å²) in [4.78, 5) is 12.9. The van der Waals surface area contributed by atoms with Gasteiger partial charge in [-0.25, -0.2) is 0 Å². The van der Waals surface area contributed by atoms with Gasteiger partial charge in [0.15, 0.2) is 5.16 Å². The van der Waals surface area contributed by atoms with Crippen LogP contribution >= 0.6 is 11.8 Å². The summed E-state index contributed by atoms with van der Waals surface area (Å²) >= 11 is 1.39. The van der Waals surface area contributed by atoms with Crippen molar-refractivity contribution in [3.8, 4) is 6.07 Å². The number of nitrogens with zero attached hydrogens (tertiary/aromatic N) is 5. The van der Waals surface area contributed by atoms with Crippen LogP contribution in [0.2, 0.25) is 0 Å². The van der Waals surface area contributed by atoms with Gasteiger partial charge in [0.25, 0.3) is 0 Å². The second-order valence-electron chi connectivity index (χ2n) is 8.24. The molecule has 0 unspecified atom stereocenters. The van der Waals surface area contributed by atoms with E-state index >= 15 is 0 Å². The van der Waals surface area contributed by atoms with Crippen molar-refractivity contribution in [3.63, 3.8) is 0 Å². The highest BCUT2D eigenvalue weighted by Gasteiger charge is 2.23. The van der Waals surface area contributed by atoms with Crippen molar-refractivity contribution in [3.05, 3.63) is 46.8 Å². The lowest BCUT2D eigenvalue weighted by molar-refractivity contribution is -0.113. The van der Waals surface area contributed by atoms with E-state index in [1.54, 1.807) is 6.26 Å². The number of carbonyl (C=O) groups is 1. The van der Waals surface area contributed by atoms with Crippen LogP contribution < -0.4 is 5.32 Å². The fourth-order valence-corrected chi connectivity index (χ4v) is 5.24. The number of hydrogen-bond donors (Lipinski definition) is 1. The lowest BCUT2D eigenvalue weighted by atomic mass is 9.95. The number of thioether (sulfide) groups is 1. The number of rotatable bonds is 7. The minimum absolute atomic E-state index is 0.180. The van der Waals surface area contributed by atoms with Crippen LogP contribution in [0.5, 0.6) is 0 Å². The maximum absolute atomic E-state index is 12.9. The number of amides is 1. The van der Waals surface area contributed by atoms with E-state index in [1.807, 2.05) is 37.5 Å². The molecule has 0 radical (unpaired) electrons. The number of nitrogens with one attached hydrogen (secondary N) is 1. The minimum atomic E-state index is -0.180. The van der Waals surface area contributed by atoms with Crippen molar-refractivity contribution in [1.29, 1.82) is 5.26 Å². The average Bonchev–Trinajstić information content (AvgIpc) is 3.49. The van der Waals surface area contributed by atoms with E-state index in [4.69, 9.17) is 4.42 Å². The van der Waals surface area contributed by atoms with Crippen LogP contribution in [0.15, 0.2) is 28.0 Å². The van der Waals surface area contributed by atoms with E-state index in [2.05, 4.69) is 26.2 Å². The Hall–Kier alpha value is -2.99. The van der Waals surface area contributed by atoms with Crippen molar-refractivity contribution in [2.24, 2.45) is 0 Å². The van der Waals surface area contributed by atoms with Crippen LogP contribution in [0.4, 0.5) is 5.82 Å². The first kappa shape index (κ1) is 22.2. The maximum atomic E-state index is 12.9. The van der Waals surface area contributed by atoms with Gasteiger partial charge in [-0.2, -0.15) is 5.26 Å². The molecule has 32 heavy (non-hydrogen) atoms. The average molecular weight is 453 g/mol. The highest BCUT2D eigenvalue weighted by atomic mass is 32.2. The summed E-state index contributed by atoms with van der Waals surface area (Å²) < 4.78 is 9.58. The first-order valence-electron chi connectivity index (χ1n) is 11.0. The fraction of sp³-hybridized carbons (Fsp3) is 0.478. The standard InChI is InChI=1S/C23H28N6O2S/c1-15-16(2)28(13-19-10-7-11-31-19)22(20(15)12-24)25-21(30)14-32-23-27-26-17(3)29(23)18-8-5-4-6-9-18/h7,10-11,18H,4-6,8-9,13-14H2,1-3H3,(H,25,30). The third-order valence-corrected chi connectivity index (χ3v) is 7.14. The third kappa shape index (κ3) is 4.46. The van der Waals surface area contributed by atoms with Crippen molar-refractivity contribution >= 4 is 23.5 Å². The zero-order valence-electron chi connectivity index (χ0n) is 18.7. The van der Waals surface area contributed by atoms with Crippen molar-refractivity contribution in [2.45, 2.75) is 70.6 Å². The molecular formula is C23H28N6O2S. The molecular weight excluding hydrogens is 424 g/mol. The molecule has 3 aromatic heterocycles. The van der Waals surface area contributed by atoms with Crippen LogP contribution in [0.25, 0.3) is 0 Å². The smallest absolute Gasteiger partial charge is 0.235 e. The molecule has 1 aliphatic carbocycles. The van der Waals surface area contributed by atoms with Gasteiger partial charge in [-0.15, -0.1) is 10.2 Å². The Morgan fingerprint density at radius 3 is 2.75 bits per heavy atom. The Bertz CT molecular complexity index is 1130. The lowest BCUT2D eigenvalue weighted by Crippen LogP contribution is -2.19. The molecule has 9 heteroatoms. The Kier molecular flexibility index (Phi) is 6.70. The van der Waals surface area contributed by atoms with Gasteiger partial charge in [-0.05, 0) is 51.3 Å². The van der Waals surface area contributed by atoms with E-state index in [0.717, 1.165) is 40.8 Å². The van der Waals surface area contributed by atoms with Gasteiger partial charge in [0.05, 0.1) is 24.1 Å². The first-order valence-corrected chi connectivity index (χ1v) is 11.9. The Morgan fingerprint density at radius 2 is 2.06 bits per heavy atom. The molecule has 0 bridgehead atoms. The van der Waals surface area contributed by atoms with Gasteiger partial charge in [0.1, 0.15) is 23.5 Å². The summed E-state index contributed by atoms with van der Waals surface area (Å²) in [6.07, 6.45) is 7.59. The fourth-order valence-electron chi connectivity index (χ4n) is 4.39. The molecule has 1 amide bonds. The molecule has 1 saturated carbocycles. The summed E-state index contributed by atoms with van der Waals surface area (Å²) in [7, 11) is 0. The number of furan rings is 1. The first-order chi connectivity index (χ1) is 15.5. The largest absolute Gasteiger partial charge is 0.467 e. The summed E-state index contributed by atoms with van der Waals surface area (Å²) in [6, 6.07) is 6.35. The van der Waals surface area contributed by atoms with Gasteiger partial charge >= 0.3 is 0 Å². The zero-order chi connectivity index (χ0) is 22.7. The van der Waals surface area contributed by atoms with E-state index in [1.165, 1.54) is 31.0 Å². The van der Waals surface area contributed by atoms with E-state index in [9.17, 15) is 10.1 Å². The van der Waals surface area contributed by atoms with Crippen LogP contribution in [0.3, 0.4) is 0 Å². The van der Waals surface area contributed by atoms with E-state index in [0.29, 0.717) is 24.0 Å². The van der Waals surface area contributed by atoms with Gasteiger partial charge < -0.3 is 18.9 Å².